The molecule has 0 unspecified atom stereocenters. The van der Waals surface area contributed by atoms with Gasteiger partial charge in [0.25, 0.3) is 5.91 Å². The van der Waals surface area contributed by atoms with E-state index in [2.05, 4.69) is 5.32 Å². The van der Waals surface area contributed by atoms with Crippen molar-refractivity contribution in [3.63, 3.8) is 0 Å². The second kappa shape index (κ2) is 12.7. The predicted octanol–water partition coefficient (Wildman–Crippen LogP) is 4.12. The molecule has 2 heterocycles. The Bertz CT molecular complexity index is 1220. The molecule has 11 heteroatoms. The number of hydrogen-bond donors (Lipinski definition) is 1. The number of nitrogens with zero attached hydrogens (tertiary/aromatic N) is 3. The van der Waals surface area contributed by atoms with E-state index < -0.39 is 29.1 Å². The third-order valence-corrected chi connectivity index (χ3v) is 7.77. The van der Waals surface area contributed by atoms with Crippen LogP contribution < -0.4 is 19.9 Å². The number of carbonyl (C=O) groups excluding carboxylic acids is 4. The van der Waals surface area contributed by atoms with Gasteiger partial charge in [0.1, 0.15) is 11.4 Å². The summed E-state index contributed by atoms with van der Waals surface area (Å²) in [6.45, 7) is 13.9. The van der Waals surface area contributed by atoms with Crippen LogP contribution in [0.4, 0.5) is 16.2 Å². The zero-order valence-corrected chi connectivity index (χ0v) is 26.9. The molecule has 1 aromatic carbocycles. The van der Waals surface area contributed by atoms with Crippen LogP contribution in [-0.2, 0) is 23.9 Å². The van der Waals surface area contributed by atoms with Gasteiger partial charge in [-0.05, 0) is 92.3 Å². The van der Waals surface area contributed by atoms with Crippen molar-refractivity contribution in [3.8, 4) is 5.75 Å². The van der Waals surface area contributed by atoms with Crippen LogP contribution in [0.2, 0.25) is 0 Å². The zero-order chi connectivity index (χ0) is 31.7. The van der Waals surface area contributed by atoms with Gasteiger partial charge in [0, 0.05) is 51.1 Å². The van der Waals surface area contributed by atoms with Crippen molar-refractivity contribution in [2.45, 2.75) is 97.4 Å². The molecule has 11 nitrogen and oxygen atoms in total. The number of likely N-dealkylation sites (tertiary alicyclic amines) is 1. The number of rotatable bonds is 9. The molecule has 238 valence electrons. The number of amides is 4. The highest BCUT2D eigenvalue weighted by Gasteiger charge is 2.45. The van der Waals surface area contributed by atoms with Crippen molar-refractivity contribution in [2.24, 2.45) is 11.8 Å². The first kappa shape index (κ1) is 32.6. The van der Waals surface area contributed by atoms with E-state index in [0.29, 0.717) is 43.1 Å². The summed E-state index contributed by atoms with van der Waals surface area (Å²) in [5.41, 5.74) is -0.455. The number of nitrogens with one attached hydrogen (secondary N) is 1. The van der Waals surface area contributed by atoms with Gasteiger partial charge < -0.3 is 34.2 Å². The summed E-state index contributed by atoms with van der Waals surface area (Å²) < 4.78 is 16.9. The van der Waals surface area contributed by atoms with Crippen LogP contribution in [0.25, 0.3) is 0 Å². The summed E-state index contributed by atoms with van der Waals surface area (Å²) in [4.78, 5) is 59.0. The first-order valence-corrected chi connectivity index (χ1v) is 15.4. The lowest BCUT2D eigenvalue weighted by Gasteiger charge is -2.40. The summed E-state index contributed by atoms with van der Waals surface area (Å²) in [5, 5.41) is 2.94. The maximum atomic E-state index is 14.3. The molecule has 1 saturated carbocycles. The maximum absolute atomic E-state index is 14.3. The van der Waals surface area contributed by atoms with Crippen LogP contribution in [0.1, 0.15) is 74.1 Å². The number of ether oxygens (including phenoxy) is 3. The molecule has 43 heavy (non-hydrogen) atoms. The van der Waals surface area contributed by atoms with Crippen molar-refractivity contribution in [1.82, 2.24) is 10.2 Å². The fourth-order valence-corrected chi connectivity index (χ4v) is 5.69. The molecule has 1 N–H and O–H groups in total. The summed E-state index contributed by atoms with van der Waals surface area (Å²) >= 11 is 0. The summed E-state index contributed by atoms with van der Waals surface area (Å²) in [7, 11) is 1.63. The minimum absolute atomic E-state index is 0.00369. The predicted molar refractivity (Wildman–Crippen MR) is 163 cm³/mol. The Morgan fingerprint density at radius 1 is 1.14 bits per heavy atom. The SMILES string of the molecule is COCCCN1C(=O)C(C)(C)Oc2ccc(N(C(=O)[C@@H]3C[C@H](C(=O)NC(C)C)CN(C(=O)OC(C)(C)C)C3)C3CC3)cc21. The number of fused-ring (bicyclic) bond motifs is 1. The molecule has 0 spiro atoms. The fourth-order valence-electron chi connectivity index (χ4n) is 5.69. The number of piperidine rings is 1. The molecule has 2 fully saturated rings. The molecule has 2 atom stereocenters. The maximum Gasteiger partial charge on any atom is 0.410 e. The van der Waals surface area contributed by atoms with Gasteiger partial charge in [-0.15, -0.1) is 0 Å². The molecule has 1 saturated heterocycles. The molecule has 4 rings (SSSR count). The van der Waals surface area contributed by atoms with Crippen molar-refractivity contribution >= 4 is 35.2 Å². The standard InChI is InChI=1S/C32H48N4O7/c1-20(2)33-27(37)21-16-22(19-34(18-21)30(40)43-31(3,4)5)28(38)36(23-10-11-23)24-12-13-26-25(17-24)35(14-9-15-41-8)29(39)32(6,7)42-26/h12-13,17,20-23H,9-11,14-16,18-19H2,1-8H3,(H,33,37)/t21-,22+/m0/s1. The average molecular weight is 601 g/mol. The highest BCUT2D eigenvalue weighted by Crippen LogP contribution is 2.43. The lowest BCUT2D eigenvalue weighted by molar-refractivity contribution is -0.133. The number of anilines is 2. The minimum Gasteiger partial charge on any atom is -0.476 e. The Hall–Kier alpha value is -3.34. The third-order valence-electron chi connectivity index (χ3n) is 7.77. The Kier molecular flexibility index (Phi) is 9.63. The number of methoxy groups -OCH3 is 1. The van der Waals surface area contributed by atoms with Crippen LogP contribution in [0.3, 0.4) is 0 Å². The average Bonchev–Trinajstić information content (AvgIpc) is 3.74. The molecular weight excluding hydrogens is 552 g/mol. The highest BCUT2D eigenvalue weighted by molar-refractivity contribution is 6.04. The van der Waals surface area contributed by atoms with Crippen molar-refractivity contribution in [3.05, 3.63) is 18.2 Å². The quantitative estimate of drug-likeness (QED) is 0.424. The van der Waals surface area contributed by atoms with Gasteiger partial charge in [-0.1, -0.05) is 0 Å². The first-order chi connectivity index (χ1) is 20.1. The van der Waals surface area contributed by atoms with Crippen molar-refractivity contribution in [2.75, 3.05) is 43.2 Å². The smallest absolute Gasteiger partial charge is 0.410 e. The molecule has 3 aliphatic rings. The van der Waals surface area contributed by atoms with Crippen LogP contribution >= 0.6 is 0 Å². The third kappa shape index (κ3) is 7.79. The van der Waals surface area contributed by atoms with Gasteiger partial charge in [-0.2, -0.15) is 0 Å². The van der Waals surface area contributed by atoms with E-state index in [9.17, 15) is 19.2 Å². The largest absolute Gasteiger partial charge is 0.476 e. The second-order valence-electron chi connectivity index (χ2n) is 13.7. The van der Waals surface area contributed by atoms with Crippen molar-refractivity contribution < 1.29 is 33.4 Å². The normalized spacial score (nSPS) is 21.7. The molecule has 4 amide bonds. The first-order valence-electron chi connectivity index (χ1n) is 15.4. The van der Waals surface area contributed by atoms with E-state index >= 15 is 0 Å². The van der Waals surface area contributed by atoms with Gasteiger partial charge in [0.05, 0.1) is 17.5 Å². The van der Waals surface area contributed by atoms with E-state index in [4.69, 9.17) is 14.2 Å². The molecular formula is C32H48N4O7. The van der Waals surface area contributed by atoms with Crippen molar-refractivity contribution in [1.29, 1.82) is 0 Å². The van der Waals surface area contributed by atoms with Crippen LogP contribution in [-0.4, -0.2) is 85.4 Å². The molecule has 0 aromatic heterocycles. The monoisotopic (exact) mass is 600 g/mol. The Labute approximate surface area is 255 Å². The van der Waals surface area contributed by atoms with Crippen LogP contribution in [0.15, 0.2) is 18.2 Å². The van der Waals surface area contributed by atoms with E-state index in [-0.39, 0.29) is 42.9 Å². The molecule has 0 bridgehead atoms. The Balaban J connectivity index is 1.65. The lowest BCUT2D eigenvalue weighted by Crippen LogP contribution is -2.54. The topological polar surface area (TPSA) is 118 Å². The summed E-state index contributed by atoms with van der Waals surface area (Å²) in [6, 6.07) is 5.45. The molecule has 1 aliphatic carbocycles. The molecule has 2 aliphatic heterocycles. The molecule has 0 radical (unpaired) electrons. The van der Waals surface area contributed by atoms with Gasteiger partial charge >= 0.3 is 6.09 Å². The lowest BCUT2D eigenvalue weighted by atomic mass is 9.87. The Morgan fingerprint density at radius 3 is 2.42 bits per heavy atom. The fraction of sp³-hybridized carbons (Fsp3) is 0.688. The van der Waals surface area contributed by atoms with Gasteiger partial charge in [-0.25, -0.2) is 4.79 Å². The van der Waals surface area contributed by atoms with Crippen LogP contribution in [0, 0.1) is 11.8 Å². The summed E-state index contributed by atoms with van der Waals surface area (Å²) in [6.07, 6.45) is 2.13. The highest BCUT2D eigenvalue weighted by atomic mass is 16.6. The summed E-state index contributed by atoms with van der Waals surface area (Å²) in [5.74, 6) is -1.06. The van der Waals surface area contributed by atoms with E-state index in [1.807, 2.05) is 32.0 Å². The van der Waals surface area contributed by atoms with Gasteiger partial charge in [0.15, 0.2) is 5.60 Å². The molecule has 1 aromatic rings. The second-order valence-corrected chi connectivity index (χ2v) is 13.7. The van der Waals surface area contributed by atoms with E-state index in [1.54, 1.807) is 51.5 Å². The zero-order valence-electron chi connectivity index (χ0n) is 26.9. The van der Waals surface area contributed by atoms with Gasteiger partial charge in [0.2, 0.25) is 11.8 Å². The number of benzene rings is 1. The van der Waals surface area contributed by atoms with Crippen LogP contribution in [0.5, 0.6) is 5.75 Å². The number of carbonyl (C=O) groups is 4. The Morgan fingerprint density at radius 2 is 1.81 bits per heavy atom. The van der Waals surface area contributed by atoms with E-state index in [1.165, 1.54) is 4.90 Å². The number of hydrogen-bond acceptors (Lipinski definition) is 7. The minimum atomic E-state index is -1.02. The van der Waals surface area contributed by atoms with Gasteiger partial charge in [-0.3, -0.25) is 14.4 Å². The van der Waals surface area contributed by atoms with E-state index in [0.717, 1.165) is 12.8 Å².